The normalized spacial score (nSPS) is 17.8. The number of halogens is 1. The van der Waals surface area contributed by atoms with Crippen molar-refractivity contribution < 1.29 is 19.1 Å². The van der Waals surface area contributed by atoms with Crippen LogP contribution in [0.5, 0.6) is 11.5 Å². The van der Waals surface area contributed by atoms with Gasteiger partial charge in [-0.3, -0.25) is 14.5 Å². The zero-order valence-electron chi connectivity index (χ0n) is 13.4. The molecule has 1 saturated heterocycles. The van der Waals surface area contributed by atoms with Gasteiger partial charge in [0.25, 0.3) is 11.1 Å². The third-order valence-electron chi connectivity index (χ3n) is 3.61. The molecule has 1 atom stereocenters. The van der Waals surface area contributed by atoms with Crippen LogP contribution in [0.2, 0.25) is 0 Å². The SMILES string of the molecule is CC[C@@H](C)N1C(=O)S/C(=C\c2cc(Br)c(OC)c(OC)c2)C1=O. The average molecular weight is 400 g/mol. The summed E-state index contributed by atoms with van der Waals surface area (Å²) in [7, 11) is 3.10. The predicted octanol–water partition coefficient (Wildman–Crippen LogP) is 4.30. The number of carbonyl (C=O) groups excluding carboxylic acids is 2. The monoisotopic (exact) mass is 399 g/mol. The van der Waals surface area contributed by atoms with Gasteiger partial charge in [-0.2, -0.15) is 0 Å². The van der Waals surface area contributed by atoms with Crippen molar-refractivity contribution in [3.63, 3.8) is 0 Å². The molecule has 0 aliphatic carbocycles. The van der Waals surface area contributed by atoms with E-state index in [1.165, 1.54) is 4.90 Å². The van der Waals surface area contributed by atoms with Gasteiger partial charge in [0.05, 0.1) is 23.6 Å². The van der Waals surface area contributed by atoms with Crippen LogP contribution in [0.3, 0.4) is 0 Å². The average Bonchev–Trinajstić information content (AvgIpc) is 2.80. The molecule has 2 rings (SSSR count). The molecule has 0 aromatic heterocycles. The van der Waals surface area contributed by atoms with Crippen LogP contribution >= 0.6 is 27.7 Å². The van der Waals surface area contributed by atoms with Crippen molar-refractivity contribution in [2.24, 2.45) is 0 Å². The molecule has 5 nitrogen and oxygen atoms in total. The third-order valence-corrected chi connectivity index (χ3v) is 5.08. The van der Waals surface area contributed by atoms with Crippen LogP contribution in [0.15, 0.2) is 21.5 Å². The summed E-state index contributed by atoms with van der Waals surface area (Å²) in [6.45, 7) is 3.81. The lowest BCUT2D eigenvalue weighted by molar-refractivity contribution is -0.124. The van der Waals surface area contributed by atoms with Crippen molar-refractivity contribution in [1.29, 1.82) is 0 Å². The van der Waals surface area contributed by atoms with Crippen LogP contribution in [0, 0.1) is 0 Å². The number of hydrogen-bond acceptors (Lipinski definition) is 5. The van der Waals surface area contributed by atoms with E-state index in [1.807, 2.05) is 19.9 Å². The number of methoxy groups -OCH3 is 2. The summed E-state index contributed by atoms with van der Waals surface area (Å²) in [4.78, 5) is 26.2. The van der Waals surface area contributed by atoms with E-state index in [-0.39, 0.29) is 17.2 Å². The Hall–Kier alpha value is -1.47. The van der Waals surface area contributed by atoms with Crippen molar-refractivity contribution in [3.8, 4) is 11.5 Å². The molecule has 0 saturated carbocycles. The molecular weight excluding hydrogens is 382 g/mol. The van der Waals surface area contributed by atoms with Gasteiger partial charge in [-0.1, -0.05) is 6.92 Å². The highest BCUT2D eigenvalue weighted by atomic mass is 79.9. The molecule has 23 heavy (non-hydrogen) atoms. The lowest BCUT2D eigenvalue weighted by Gasteiger charge is -2.19. The molecule has 0 unspecified atom stereocenters. The number of thioether (sulfide) groups is 1. The first-order chi connectivity index (χ1) is 10.9. The number of rotatable bonds is 5. The van der Waals surface area contributed by atoms with E-state index in [1.54, 1.807) is 26.4 Å². The lowest BCUT2D eigenvalue weighted by atomic mass is 10.1. The smallest absolute Gasteiger partial charge is 0.293 e. The van der Waals surface area contributed by atoms with Gasteiger partial charge in [-0.25, -0.2) is 0 Å². The second-order valence-corrected chi connectivity index (χ2v) is 6.89. The summed E-state index contributed by atoms with van der Waals surface area (Å²) < 4.78 is 11.3. The number of imide groups is 1. The first kappa shape index (κ1) is 17.9. The maximum Gasteiger partial charge on any atom is 0.293 e. The van der Waals surface area contributed by atoms with Crippen LogP contribution in [0.1, 0.15) is 25.8 Å². The van der Waals surface area contributed by atoms with Crippen LogP contribution in [-0.2, 0) is 4.79 Å². The number of ether oxygens (including phenoxy) is 2. The van der Waals surface area contributed by atoms with E-state index in [0.29, 0.717) is 20.9 Å². The highest BCUT2D eigenvalue weighted by molar-refractivity contribution is 9.10. The molecule has 1 fully saturated rings. The maximum atomic E-state index is 12.4. The van der Waals surface area contributed by atoms with Crippen LogP contribution in [0.4, 0.5) is 4.79 Å². The van der Waals surface area contributed by atoms with Gasteiger partial charge in [0.2, 0.25) is 0 Å². The van der Waals surface area contributed by atoms with Gasteiger partial charge < -0.3 is 9.47 Å². The molecule has 1 aromatic rings. The van der Waals surface area contributed by atoms with E-state index in [4.69, 9.17) is 9.47 Å². The number of carbonyl (C=O) groups is 2. The van der Waals surface area contributed by atoms with Crippen LogP contribution < -0.4 is 9.47 Å². The summed E-state index contributed by atoms with van der Waals surface area (Å²) in [5, 5.41) is -0.227. The van der Waals surface area contributed by atoms with Gasteiger partial charge >= 0.3 is 0 Å². The summed E-state index contributed by atoms with van der Waals surface area (Å²) in [6.07, 6.45) is 2.42. The van der Waals surface area contributed by atoms with Crippen LogP contribution in [0.25, 0.3) is 6.08 Å². The van der Waals surface area contributed by atoms with E-state index < -0.39 is 0 Å². The maximum absolute atomic E-state index is 12.4. The summed E-state index contributed by atoms with van der Waals surface area (Å²) >= 11 is 4.38. The van der Waals surface area contributed by atoms with Crippen molar-refractivity contribution in [2.75, 3.05) is 14.2 Å². The molecule has 1 heterocycles. The molecule has 1 aliphatic heterocycles. The topological polar surface area (TPSA) is 55.8 Å². The number of nitrogens with zero attached hydrogens (tertiary/aromatic N) is 1. The Labute approximate surface area is 148 Å². The molecule has 2 amide bonds. The lowest BCUT2D eigenvalue weighted by Crippen LogP contribution is -2.36. The van der Waals surface area contributed by atoms with Crippen molar-refractivity contribution in [1.82, 2.24) is 4.90 Å². The third kappa shape index (κ3) is 3.55. The molecule has 0 spiro atoms. The fraction of sp³-hybridized carbons (Fsp3) is 0.375. The molecule has 1 aromatic carbocycles. The van der Waals surface area contributed by atoms with E-state index in [9.17, 15) is 9.59 Å². The first-order valence-corrected chi connectivity index (χ1v) is 8.72. The second-order valence-electron chi connectivity index (χ2n) is 5.05. The Bertz CT molecular complexity index is 674. The minimum absolute atomic E-state index is 0.106. The summed E-state index contributed by atoms with van der Waals surface area (Å²) in [5.74, 6) is 0.881. The molecule has 7 heteroatoms. The van der Waals surface area contributed by atoms with Gasteiger partial charge in [0.1, 0.15) is 0 Å². The van der Waals surface area contributed by atoms with Gasteiger partial charge in [0.15, 0.2) is 11.5 Å². The van der Waals surface area contributed by atoms with Gasteiger partial charge in [0, 0.05) is 6.04 Å². The zero-order chi connectivity index (χ0) is 17.1. The zero-order valence-corrected chi connectivity index (χ0v) is 15.8. The standard InChI is InChI=1S/C16H18BrNO4S/c1-5-9(2)18-15(19)13(23-16(18)20)8-10-6-11(17)14(22-4)12(7-10)21-3/h6-9H,5H2,1-4H3/b13-8-/t9-/m1/s1. The molecule has 0 radical (unpaired) electrons. The van der Waals surface area contributed by atoms with Crippen molar-refractivity contribution in [2.45, 2.75) is 26.3 Å². The van der Waals surface area contributed by atoms with Gasteiger partial charge in [-0.05, 0) is 64.8 Å². The summed E-state index contributed by atoms with van der Waals surface area (Å²) in [5.41, 5.74) is 0.754. The van der Waals surface area contributed by atoms with Gasteiger partial charge in [-0.15, -0.1) is 0 Å². The van der Waals surface area contributed by atoms with E-state index in [0.717, 1.165) is 23.7 Å². The largest absolute Gasteiger partial charge is 0.493 e. The number of benzene rings is 1. The van der Waals surface area contributed by atoms with Crippen molar-refractivity contribution in [3.05, 3.63) is 27.1 Å². The Morgan fingerprint density at radius 3 is 2.57 bits per heavy atom. The Balaban J connectivity index is 2.38. The Morgan fingerprint density at radius 2 is 2.00 bits per heavy atom. The van der Waals surface area contributed by atoms with Crippen molar-refractivity contribution >= 4 is 44.9 Å². The molecule has 0 bridgehead atoms. The first-order valence-electron chi connectivity index (χ1n) is 7.11. The second kappa shape index (κ2) is 7.40. The van der Waals surface area contributed by atoms with E-state index >= 15 is 0 Å². The van der Waals surface area contributed by atoms with Crippen LogP contribution in [-0.4, -0.2) is 36.3 Å². The molecular formula is C16H18BrNO4S. The molecule has 1 aliphatic rings. The summed E-state index contributed by atoms with van der Waals surface area (Å²) in [6, 6.07) is 3.48. The fourth-order valence-corrected chi connectivity index (χ4v) is 3.77. The highest BCUT2D eigenvalue weighted by Crippen LogP contribution is 2.39. The fourth-order valence-electron chi connectivity index (χ4n) is 2.21. The Kier molecular flexibility index (Phi) is 5.75. The minimum Gasteiger partial charge on any atom is -0.493 e. The number of hydrogen-bond donors (Lipinski definition) is 0. The quantitative estimate of drug-likeness (QED) is 0.690. The number of amides is 2. The predicted molar refractivity (Wildman–Crippen MR) is 94.8 cm³/mol. The van der Waals surface area contributed by atoms with E-state index in [2.05, 4.69) is 15.9 Å². The molecule has 0 N–H and O–H groups in total. The Morgan fingerprint density at radius 1 is 1.30 bits per heavy atom. The minimum atomic E-state index is -0.250. The highest BCUT2D eigenvalue weighted by Gasteiger charge is 2.37. The molecule has 124 valence electrons.